The molecule has 0 atom stereocenters. The van der Waals surface area contributed by atoms with Crippen molar-refractivity contribution in [1.82, 2.24) is 0 Å². The SMILES string of the molecule is Cc1cc(-c2cc3c4ccccc4c4c[n+](C)cc5c6ccccc6c(c2)[n+]3c45)cc(C)c1-c1ccccc1. The molecule has 0 saturated heterocycles. The molecule has 0 unspecified atom stereocenters. The molecule has 4 aromatic carbocycles. The van der Waals surface area contributed by atoms with Gasteiger partial charge in [-0.2, -0.15) is 4.40 Å². The van der Waals surface area contributed by atoms with Gasteiger partial charge in [-0.15, -0.1) is 0 Å². The van der Waals surface area contributed by atoms with Gasteiger partial charge in [-0.05, 0) is 59.4 Å². The molecule has 0 bridgehead atoms. The first-order valence-corrected chi connectivity index (χ1v) is 13.6. The van der Waals surface area contributed by atoms with Crippen molar-refractivity contribution in [2.45, 2.75) is 13.8 Å². The summed E-state index contributed by atoms with van der Waals surface area (Å²) in [5.74, 6) is 0. The zero-order valence-corrected chi connectivity index (χ0v) is 22.4. The third-order valence-corrected chi connectivity index (χ3v) is 8.38. The van der Waals surface area contributed by atoms with Crippen molar-refractivity contribution in [3.63, 3.8) is 0 Å². The Labute approximate surface area is 227 Å². The van der Waals surface area contributed by atoms with E-state index in [1.165, 1.54) is 82.2 Å². The number of aryl methyl sites for hydroxylation is 3. The number of pyridine rings is 4. The van der Waals surface area contributed by atoms with E-state index in [-0.39, 0.29) is 0 Å². The van der Waals surface area contributed by atoms with Gasteiger partial charge in [0.15, 0.2) is 12.4 Å². The fourth-order valence-electron chi connectivity index (χ4n) is 6.82. The van der Waals surface area contributed by atoms with E-state index in [2.05, 4.69) is 145 Å². The molecule has 0 spiro atoms. The standard InChI is InChI=1S/C37H28N2/c1-23-17-26(18-24(2)36(23)25-11-5-4-6-12-25)27-19-34-30-15-9-7-13-28(30)32-21-38(3)22-33-29-14-8-10-16-31(29)35(20-27)39(34)37(32)33/h4-22H,1-3H3/q+2. The van der Waals surface area contributed by atoms with Crippen molar-refractivity contribution >= 4 is 48.9 Å². The molecule has 8 aromatic rings. The minimum Gasteiger partial charge on any atom is -0.206 e. The van der Waals surface area contributed by atoms with Crippen LogP contribution in [-0.2, 0) is 7.05 Å². The number of fused-ring (bicyclic) bond motifs is 6. The lowest BCUT2D eigenvalue weighted by molar-refractivity contribution is -0.669. The Morgan fingerprint density at radius 2 is 0.923 bits per heavy atom. The summed E-state index contributed by atoms with van der Waals surface area (Å²) in [6.45, 7) is 4.48. The third-order valence-electron chi connectivity index (χ3n) is 8.38. The monoisotopic (exact) mass is 500 g/mol. The van der Waals surface area contributed by atoms with Gasteiger partial charge in [0.25, 0.3) is 0 Å². The molecular weight excluding hydrogens is 472 g/mol. The molecule has 2 nitrogen and oxygen atoms in total. The van der Waals surface area contributed by atoms with Gasteiger partial charge in [0.2, 0.25) is 16.6 Å². The maximum absolute atomic E-state index is 2.50. The summed E-state index contributed by atoms with van der Waals surface area (Å²) in [5, 5.41) is 7.70. The van der Waals surface area contributed by atoms with Crippen molar-refractivity contribution in [3.05, 3.63) is 127 Å². The Morgan fingerprint density at radius 3 is 1.46 bits per heavy atom. The fraction of sp³-hybridized carbons (Fsp3) is 0.0811. The maximum atomic E-state index is 2.50. The van der Waals surface area contributed by atoms with E-state index in [4.69, 9.17) is 0 Å². The molecule has 8 rings (SSSR count). The van der Waals surface area contributed by atoms with E-state index in [1.54, 1.807) is 0 Å². The number of hydrogen-bond donors (Lipinski definition) is 0. The Kier molecular flexibility index (Phi) is 4.60. The van der Waals surface area contributed by atoms with Gasteiger partial charge >= 0.3 is 0 Å². The van der Waals surface area contributed by atoms with Crippen molar-refractivity contribution in [3.8, 4) is 22.3 Å². The van der Waals surface area contributed by atoms with E-state index in [0.29, 0.717) is 0 Å². The second-order valence-corrected chi connectivity index (χ2v) is 10.9. The quantitative estimate of drug-likeness (QED) is 0.128. The highest BCUT2D eigenvalue weighted by Gasteiger charge is 2.27. The topological polar surface area (TPSA) is 7.98 Å². The molecule has 0 radical (unpaired) electrons. The van der Waals surface area contributed by atoms with Gasteiger partial charge in [-0.1, -0.05) is 78.9 Å². The summed E-state index contributed by atoms with van der Waals surface area (Å²) >= 11 is 0. The molecule has 0 amide bonds. The van der Waals surface area contributed by atoms with Crippen LogP contribution in [0.3, 0.4) is 0 Å². The van der Waals surface area contributed by atoms with E-state index in [1.807, 2.05) is 0 Å². The Balaban J connectivity index is 1.54. The van der Waals surface area contributed by atoms with Crippen LogP contribution in [-0.4, -0.2) is 0 Å². The molecule has 0 aliphatic heterocycles. The number of benzene rings is 4. The van der Waals surface area contributed by atoms with Gasteiger partial charge in [0.05, 0.1) is 10.8 Å². The number of hydrogen-bond acceptors (Lipinski definition) is 0. The molecule has 4 aromatic heterocycles. The molecule has 0 aliphatic rings. The second-order valence-electron chi connectivity index (χ2n) is 10.9. The first-order valence-electron chi connectivity index (χ1n) is 13.6. The molecule has 0 aliphatic carbocycles. The summed E-state index contributed by atoms with van der Waals surface area (Å²) < 4.78 is 4.70. The first-order chi connectivity index (χ1) is 19.1. The van der Waals surface area contributed by atoms with Crippen LogP contribution in [0.2, 0.25) is 0 Å². The van der Waals surface area contributed by atoms with Crippen molar-refractivity contribution in [2.24, 2.45) is 7.05 Å². The van der Waals surface area contributed by atoms with Gasteiger partial charge in [-0.3, -0.25) is 0 Å². The van der Waals surface area contributed by atoms with Crippen molar-refractivity contribution in [2.75, 3.05) is 0 Å². The van der Waals surface area contributed by atoms with Crippen molar-refractivity contribution in [1.29, 1.82) is 0 Å². The largest absolute Gasteiger partial charge is 0.239 e. The van der Waals surface area contributed by atoms with Crippen LogP contribution < -0.4 is 8.97 Å². The molecule has 0 N–H and O–H groups in total. The molecule has 39 heavy (non-hydrogen) atoms. The lowest BCUT2D eigenvalue weighted by Gasteiger charge is -2.15. The van der Waals surface area contributed by atoms with Crippen molar-refractivity contribution < 1.29 is 8.97 Å². The highest BCUT2D eigenvalue weighted by Crippen LogP contribution is 2.37. The minimum absolute atomic E-state index is 1.25. The summed E-state index contributed by atoms with van der Waals surface area (Å²) in [4.78, 5) is 0. The normalized spacial score (nSPS) is 12.0. The molecule has 184 valence electrons. The van der Waals surface area contributed by atoms with E-state index < -0.39 is 0 Å². The molecule has 2 heteroatoms. The van der Waals surface area contributed by atoms with Gasteiger partial charge < -0.3 is 0 Å². The lowest BCUT2D eigenvalue weighted by Crippen LogP contribution is -2.32. The molecule has 4 heterocycles. The van der Waals surface area contributed by atoms with Crippen LogP contribution in [0.1, 0.15) is 11.1 Å². The zero-order valence-electron chi connectivity index (χ0n) is 22.4. The van der Waals surface area contributed by atoms with Crippen LogP contribution >= 0.6 is 0 Å². The highest BCUT2D eigenvalue weighted by atomic mass is 14.9. The van der Waals surface area contributed by atoms with Crippen LogP contribution in [0.5, 0.6) is 0 Å². The molecule has 0 saturated carbocycles. The van der Waals surface area contributed by atoms with E-state index in [0.717, 1.165) is 0 Å². The highest BCUT2D eigenvalue weighted by molar-refractivity contribution is 6.20. The number of aromatic nitrogens is 2. The molecular formula is C37H28N2+2. The number of nitrogens with zero attached hydrogens (tertiary/aromatic N) is 2. The average Bonchev–Trinajstić information content (AvgIpc) is 2.96. The smallest absolute Gasteiger partial charge is 0.206 e. The maximum Gasteiger partial charge on any atom is 0.239 e. The van der Waals surface area contributed by atoms with Crippen LogP contribution in [0, 0.1) is 13.8 Å². The third kappa shape index (κ3) is 3.15. The summed E-state index contributed by atoms with van der Waals surface area (Å²) in [6, 6.07) is 38.0. The lowest BCUT2D eigenvalue weighted by atomic mass is 9.90. The van der Waals surface area contributed by atoms with E-state index >= 15 is 0 Å². The molecule has 0 fully saturated rings. The van der Waals surface area contributed by atoms with Gasteiger partial charge in [0.1, 0.15) is 17.8 Å². The fourth-order valence-corrected chi connectivity index (χ4v) is 6.82. The Bertz CT molecular complexity index is 2110. The second kappa shape index (κ2) is 8.09. The van der Waals surface area contributed by atoms with Gasteiger partial charge in [0, 0.05) is 22.9 Å². The number of rotatable bonds is 2. The summed E-state index contributed by atoms with van der Waals surface area (Å²) in [7, 11) is 2.13. The van der Waals surface area contributed by atoms with Crippen LogP contribution in [0.25, 0.3) is 71.1 Å². The Hall–Kier alpha value is -4.82. The minimum atomic E-state index is 1.25. The average molecular weight is 501 g/mol. The summed E-state index contributed by atoms with van der Waals surface area (Å²) in [6.07, 6.45) is 4.54. The van der Waals surface area contributed by atoms with E-state index in [9.17, 15) is 0 Å². The van der Waals surface area contributed by atoms with Gasteiger partial charge in [-0.25, -0.2) is 4.57 Å². The summed E-state index contributed by atoms with van der Waals surface area (Å²) in [5.41, 5.74) is 11.5. The predicted molar refractivity (Wildman–Crippen MR) is 162 cm³/mol. The Morgan fingerprint density at radius 1 is 0.462 bits per heavy atom. The predicted octanol–water partition coefficient (Wildman–Crippen LogP) is 8.25. The van der Waals surface area contributed by atoms with Crippen LogP contribution in [0.4, 0.5) is 0 Å². The first kappa shape index (κ1) is 22.2. The van der Waals surface area contributed by atoms with Crippen LogP contribution in [0.15, 0.2) is 116 Å². The zero-order chi connectivity index (χ0) is 26.2.